The van der Waals surface area contributed by atoms with Crippen molar-refractivity contribution in [2.24, 2.45) is 5.92 Å². The van der Waals surface area contributed by atoms with Crippen LogP contribution in [0.5, 0.6) is 0 Å². The van der Waals surface area contributed by atoms with Gasteiger partial charge in [-0.05, 0) is 55.0 Å². The Morgan fingerprint density at radius 3 is 2.70 bits per heavy atom. The lowest BCUT2D eigenvalue weighted by atomic mass is 9.98. The second-order valence-electron chi connectivity index (χ2n) is 8.96. The zero-order valence-corrected chi connectivity index (χ0v) is 19.9. The van der Waals surface area contributed by atoms with E-state index in [4.69, 9.17) is 0 Å². The summed E-state index contributed by atoms with van der Waals surface area (Å²) < 4.78 is 18.1. The summed E-state index contributed by atoms with van der Waals surface area (Å²) in [4.78, 5) is 0. The van der Waals surface area contributed by atoms with Crippen LogP contribution in [0.15, 0.2) is 96.6 Å². The Balaban J connectivity index is 1.45. The quantitative estimate of drug-likeness (QED) is 0.264. The zero-order chi connectivity index (χ0) is 22.8. The highest BCUT2D eigenvalue weighted by Crippen LogP contribution is 2.34. The van der Waals surface area contributed by atoms with Gasteiger partial charge in [-0.2, -0.15) is 0 Å². The summed E-state index contributed by atoms with van der Waals surface area (Å²) in [5.74, 6) is 0.525. The lowest BCUT2D eigenvalue weighted by Gasteiger charge is -2.21. The van der Waals surface area contributed by atoms with Gasteiger partial charge in [0.05, 0.1) is 12.2 Å². The highest BCUT2D eigenvalue weighted by atomic mass is 32.1. The first-order chi connectivity index (χ1) is 16.1. The molecule has 0 N–H and O–H groups in total. The topological polar surface area (TPSA) is 3.24 Å². The molecule has 0 fully saturated rings. The molecule has 0 bridgehead atoms. The average Bonchev–Trinajstić information content (AvgIpc) is 3.18. The van der Waals surface area contributed by atoms with E-state index in [1.54, 1.807) is 0 Å². The molecule has 1 aliphatic rings. The molecule has 1 atom stereocenters. The molecule has 0 aliphatic heterocycles. The van der Waals surface area contributed by atoms with Gasteiger partial charge in [-0.3, -0.25) is 0 Å². The number of halogens is 1. The number of thiophene rings is 1. The number of benzene rings is 3. The Hall–Kier alpha value is -3.17. The van der Waals surface area contributed by atoms with Gasteiger partial charge in [-0.25, -0.2) is 5.12 Å². The van der Waals surface area contributed by atoms with Crippen LogP contribution in [0.2, 0.25) is 0 Å². The largest absolute Gasteiger partial charge is 0.207 e. The minimum absolute atomic E-state index is 0.262. The first-order valence-corrected chi connectivity index (χ1v) is 12.4. The second-order valence-corrected chi connectivity index (χ2v) is 10.0. The monoisotopic (exact) mass is 453 g/mol. The molecule has 1 nitrogen and oxygen atoms in total. The predicted octanol–water partition coefficient (Wildman–Crippen LogP) is 8.66. The molecule has 33 heavy (non-hydrogen) atoms. The van der Waals surface area contributed by atoms with Crippen molar-refractivity contribution in [1.82, 2.24) is 5.12 Å². The number of fused-ring (bicyclic) bond motifs is 3. The Kier molecular flexibility index (Phi) is 6.15. The van der Waals surface area contributed by atoms with Gasteiger partial charge in [0.2, 0.25) is 0 Å². The molecule has 4 aromatic rings. The van der Waals surface area contributed by atoms with Crippen LogP contribution >= 0.6 is 11.3 Å². The molecule has 0 radical (unpaired) electrons. The molecule has 0 saturated carbocycles. The third-order valence-electron chi connectivity index (χ3n) is 6.26. The maximum Gasteiger partial charge on any atom is 0.0753 e. The van der Waals surface area contributed by atoms with Crippen molar-refractivity contribution in [3.05, 3.63) is 113 Å². The number of hydrogen-bond donors (Lipinski definition) is 0. The van der Waals surface area contributed by atoms with Gasteiger partial charge < -0.3 is 0 Å². The summed E-state index contributed by atoms with van der Waals surface area (Å²) in [7, 11) is 0. The summed E-state index contributed by atoms with van der Waals surface area (Å²) >= 11 is 1.82. The minimum atomic E-state index is 0.262. The normalized spacial score (nSPS) is 16.4. The van der Waals surface area contributed by atoms with Gasteiger partial charge in [0.25, 0.3) is 0 Å². The smallest absolute Gasteiger partial charge is 0.0753 e. The van der Waals surface area contributed by atoms with Gasteiger partial charge in [0.15, 0.2) is 0 Å². The molecule has 3 heteroatoms. The van der Waals surface area contributed by atoms with E-state index in [2.05, 4.69) is 73.7 Å². The lowest BCUT2D eigenvalue weighted by molar-refractivity contribution is 0.120. The van der Waals surface area contributed by atoms with Crippen LogP contribution in [0.4, 0.5) is 4.48 Å². The molecule has 166 valence electrons. The summed E-state index contributed by atoms with van der Waals surface area (Å²) in [5, 5.41) is 3.50. The van der Waals surface area contributed by atoms with Crippen LogP contribution < -0.4 is 0 Å². The molecule has 3 aromatic carbocycles. The second kappa shape index (κ2) is 9.36. The zero-order valence-electron chi connectivity index (χ0n) is 19.1. The van der Waals surface area contributed by atoms with Crippen LogP contribution in [0.25, 0.3) is 25.9 Å². The predicted molar refractivity (Wildman–Crippen MR) is 141 cm³/mol. The van der Waals surface area contributed by atoms with Crippen molar-refractivity contribution in [1.29, 1.82) is 0 Å². The maximum absolute atomic E-state index is 15.6. The number of nitrogens with zero attached hydrogens (tertiary/aromatic N) is 1. The van der Waals surface area contributed by atoms with E-state index in [9.17, 15) is 0 Å². The van der Waals surface area contributed by atoms with Crippen molar-refractivity contribution in [3.63, 3.8) is 0 Å². The van der Waals surface area contributed by atoms with Crippen molar-refractivity contribution in [3.8, 4) is 0 Å². The fourth-order valence-corrected chi connectivity index (χ4v) is 5.58. The van der Waals surface area contributed by atoms with Crippen LogP contribution in [0.1, 0.15) is 30.0 Å². The third-order valence-corrected chi connectivity index (χ3v) is 7.40. The van der Waals surface area contributed by atoms with E-state index in [-0.39, 0.29) is 6.54 Å². The molecular weight excluding hydrogens is 425 g/mol. The van der Waals surface area contributed by atoms with Gasteiger partial charge in [0.1, 0.15) is 0 Å². The molecular formula is C30H28FNS. The van der Waals surface area contributed by atoms with Gasteiger partial charge in [0, 0.05) is 25.7 Å². The number of aryl methyl sites for hydroxylation is 1. The van der Waals surface area contributed by atoms with Crippen LogP contribution in [0.3, 0.4) is 0 Å². The van der Waals surface area contributed by atoms with Crippen LogP contribution in [-0.2, 0) is 6.42 Å². The van der Waals surface area contributed by atoms with Crippen molar-refractivity contribution < 1.29 is 4.48 Å². The van der Waals surface area contributed by atoms with Gasteiger partial charge >= 0.3 is 0 Å². The van der Waals surface area contributed by atoms with Crippen LogP contribution in [0, 0.1) is 12.8 Å². The van der Waals surface area contributed by atoms with E-state index >= 15 is 4.48 Å². The van der Waals surface area contributed by atoms with Crippen molar-refractivity contribution in [2.45, 2.75) is 26.7 Å². The van der Waals surface area contributed by atoms with Crippen molar-refractivity contribution in [2.75, 3.05) is 6.54 Å². The number of hydrogen-bond acceptors (Lipinski definition) is 2. The summed E-state index contributed by atoms with van der Waals surface area (Å²) in [5.41, 5.74) is 4.89. The summed E-state index contributed by atoms with van der Waals surface area (Å²) in [6.07, 6.45) is 10.1. The molecule has 0 amide bonds. The van der Waals surface area contributed by atoms with Gasteiger partial charge in [-0.1, -0.05) is 89.8 Å². The number of allylic oxidation sites excluding steroid dienone is 3. The molecule has 1 aliphatic carbocycles. The fourth-order valence-electron chi connectivity index (χ4n) is 4.41. The Labute approximate surface area is 199 Å². The summed E-state index contributed by atoms with van der Waals surface area (Å²) in [6.45, 7) is 4.49. The highest BCUT2D eigenvalue weighted by molar-refractivity contribution is 7.25. The Bertz CT molecular complexity index is 1390. The standard InChI is InChI=1S/C30H28FNS/c1-21-10-12-24(13-11-21)20-32(31)28(25-7-5-6-22(2)18-25)17-15-23-14-16-27-26-8-3-4-9-29(26)33-30(27)19-23/h3-10,12-14,16-19,21H,11,15,20H2,1-2H3/b28-17-. The van der Waals surface area contributed by atoms with E-state index in [1.165, 1.54) is 25.7 Å². The third kappa shape index (κ3) is 4.79. The molecule has 0 saturated heterocycles. The van der Waals surface area contributed by atoms with E-state index in [0.717, 1.165) is 28.2 Å². The molecule has 0 spiro atoms. The molecule has 1 unspecified atom stereocenters. The highest BCUT2D eigenvalue weighted by Gasteiger charge is 2.15. The van der Waals surface area contributed by atoms with E-state index in [0.29, 0.717) is 18.0 Å². The summed E-state index contributed by atoms with van der Waals surface area (Å²) in [6, 6.07) is 23.2. The van der Waals surface area contributed by atoms with E-state index in [1.807, 2.05) is 42.5 Å². The first kappa shape index (κ1) is 21.7. The molecule has 1 heterocycles. The van der Waals surface area contributed by atoms with E-state index < -0.39 is 0 Å². The van der Waals surface area contributed by atoms with Crippen molar-refractivity contribution >= 4 is 37.2 Å². The number of rotatable bonds is 6. The average molecular weight is 454 g/mol. The molecule has 1 aromatic heterocycles. The maximum atomic E-state index is 15.6. The lowest BCUT2D eigenvalue weighted by Crippen LogP contribution is -2.16. The minimum Gasteiger partial charge on any atom is -0.207 e. The van der Waals surface area contributed by atoms with Gasteiger partial charge in [-0.15, -0.1) is 11.3 Å². The molecule has 5 rings (SSSR count). The Morgan fingerprint density at radius 1 is 1.03 bits per heavy atom. The fraction of sp³-hybridized carbons (Fsp3) is 0.200. The SMILES string of the molecule is Cc1cccc(/C(=C/Cc2ccc3c(c2)sc2ccccc23)N(F)CC2=CCC(C)C=C2)c1. The first-order valence-electron chi connectivity index (χ1n) is 11.5. The Morgan fingerprint density at radius 2 is 1.88 bits per heavy atom. The van der Waals surface area contributed by atoms with Crippen LogP contribution in [-0.4, -0.2) is 11.7 Å².